The summed E-state index contributed by atoms with van der Waals surface area (Å²) in [4.78, 5) is 22.2. The smallest absolute Gasteiger partial charge is 0.417 e. The minimum atomic E-state index is -4.54. The molecule has 1 amide bonds. The maximum atomic E-state index is 12.9. The zero-order valence-corrected chi connectivity index (χ0v) is 19.0. The molecule has 0 spiro atoms. The maximum absolute atomic E-state index is 12.9. The van der Waals surface area contributed by atoms with E-state index in [1.165, 1.54) is 23.1 Å². The molecule has 0 atom stereocenters. The first kappa shape index (κ1) is 24.2. The van der Waals surface area contributed by atoms with Crippen molar-refractivity contribution in [2.24, 2.45) is 0 Å². The van der Waals surface area contributed by atoms with Crippen molar-refractivity contribution >= 4 is 27.6 Å². The summed E-state index contributed by atoms with van der Waals surface area (Å²) in [5.41, 5.74) is -0.00863. The number of aromatic nitrogens is 2. The molecule has 3 aromatic rings. The highest BCUT2D eigenvalue weighted by molar-refractivity contribution is 7.89. The van der Waals surface area contributed by atoms with Crippen molar-refractivity contribution in [3.8, 4) is 6.07 Å². The van der Waals surface area contributed by atoms with Crippen molar-refractivity contribution in [2.45, 2.75) is 31.5 Å². The predicted molar refractivity (Wildman–Crippen MR) is 117 cm³/mol. The number of nitriles is 1. The lowest BCUT2D eigenvalue weighted by atomic mass is 10.2. The highest BCUT2D eigenvalue weighted by atomic mass is 32.2. The van der Waals surface area contributed by atoms with Gasteiger partial charge >= 0.3 is 12.2 Å². The second-order valence-corrected chi connectivity index (χ2v) is 9.72. The van der Waals surface area contributed by atoms with Crippen LogP contribution >= 0.6 is 0 Å². The van der Waals surface area contributed by atoms with Crippen LogP contribution in [0.15, 0.2) is 47.0 Å². The van der Waals surface area contributed by atoms with Crippen LogP contribution in [0.5, 0.6) is 0 Å². The number of hydrogen-bond donors (Lipinski definition) is 1. The van der Waals surface area contributed by atoms with Gasteiger partial charge in [-0.05, 0) is 49.2 Å². The Balaban J connectivity index is 1.74. The molecular formula is C22H18F3N5O4S. The second kappa shape index (κ2) is 9.03. The van der Waals surface area contributed by atoms with E-state index in [9.17, 15) is 26.4 Å². The lowest BCUT2D eigenvalue weighted by molar-refractivity contribution is -0.137. The van der Waals surface area contributed by atoms with Crippen molar-refractivity contribution < 1.29 is 30.8 Å². The van der Waals surface area contributed by atoms with Gasteiger partial charge in [0.15, 0.2) is 5.69 Å². The van der Waals surface area contributed by atoms with Gasteiger partial charge in [-0.1, -0.05) is 0 Å². The number of nitrogens with one attached hydrogen (secondary N) is 1. The number of rotatable bonds is 7. The molecule has 0 radical (unpaired) electrons. The van der Waals surface area contributed by atoms with Crippen LogP contribution in [0.3, 0.4) is 0 Å². The standard InChI is InChI=1S/C22H18F3N5O4S/c1-35(32,33)29-20(31)18-19(14-4-5-14)34-21(28-18)30(17-8-2-13(10-26)3-9-17)12-16-7-6-15(11-27-16)22(23,24)25/h2-3,6-9,11,14H,4-5,12H2,1H3,(H,29,31). The maximum Gasteiger partial charge on any atom is 0.417 e. The number of hydrogen-bond acceptors (Lipinski definition) is 8. The number of oxazole rings is 1. The minimum absolute atomic E-state index is 0.0723. The van der Waals surface area contributed by atoms with Crippen molar-refractivity contribution in [1.82, 2.24) is 14.7 Å². The molecule has 0 unspecified atom stereocenters. The Hall–Kier alpha value is -3.92. The molecular weight excluding hydrogens is 487 g/mol. The molecule has 1 aliphatic carbocycles. The summed E-state index contributed by atoms with van der Waals surface area (Å²) in [5.74, 6) is -0.833. The fourth-order valence-corrected chi connectivity index (χ4v) is 3.70. The molecule has 0 bridgehead atoms. The minimum Gasteiger partial charge on any atom is -0.427 e. The number of alkyl halides is 3. The molecule has 182 valence electrons. The summed E-state index contributed by atoms with van der Waals surface area (Å²) in [6.07, 6.45) is -1.54. The number of pyridine rings is 1. The molecule has 1 N–H and O–H groups in total. The number of carbonyl (C=O) groups excluding carboxylic acids is 1. The topological polar surface area (TPSA) is 129 Å². The van der Waals surface area contributed by atoms with Gasteiger partial charge in [0.25, 0.3) is 5.91 Å². The quantitative estimate of drug-likeness (QED) is 0.512. The van der Waals surface area contributed by atoms with Crippen molar-refractivity contribution in [3.05, 3.63) is 70.9 Å². The van der Waals surface area contributed by atoms with Crippen LogP contribution in [0.1, 0.15) is 51.8 Å². The Labute approximate surface area is 198 Å². The molecule has 1 saturated carbocycles. The third-order valence-electron chi connectivity index (χ3n) is 5.09. The van der Waals surface area contributed by atoms with Gasteiger partial charge in [-0.2, -0.15) is 23.4 Å². The van der Waals surface area contributed by atoms with Gasteiger partial charge in [0.05, 0.1) is 35.7 Å². The third-order valence-corrected chi connectivity index (χ3v) is 5.65. The van der Waals surface area contributed by atoms with Gasteiger partial charge < -0.3 is 4.42 Å². The van der Waals surface area contributed by atoms with Crippen molar-refractivity contribution in [1.29, 1.82) is 5.26 Å². The van der Waals surface area contributed by atoms with Crippen LogP contribution in [0, 0.1) is 11.3 Å². The molecule has 4 rings (SSSR count). The lowest BCUT2D eigenvalue weighted by Gasteiger charge is -2.20. The van der Waals surface area contributed by atoms with E-state index in [0.717, 1.165) is 25.2 Å². The van der Waals surface area contributed by atoms with E-state index >= 15 is 0 Å². The van der Waals surface area contributed by atoms with Gasteiger partial charge in [-0.15, -0.1) is 0 Å². The molecule has 1 fully saturated rings. The zero-order chi connectivity index (χ0) is 25.4. The van der Waals surface area contributed by atoms with Crippen LogP contribution < -0.4 is 9.62 Å². The Kier molecular flexibility index (Phi) is 6.25. The number of amides is 1. The van der Waals surface area contributed by atoms with E-state index in [1.807, 2.05) is 10.8 Å². The van der Waals surface area contributed by atoms with Gasteiger partial charge in [0.1, 0.15) is 5.76 Å². The van der Waals surface area contributed by atoms with Crippen LogP contribution in [0.4, 0.5) is 24.9 Å². The van der Waals surface area contributed by atoms with E-state index in [2.05, 4.69) is 9.97 Å². The van der Waals surface area contributed by atoms with Crippen molar-refractivity contribution in [2.75, 3.05) is 11.2 Å². The summed E-state index contributed by atoms with van der Waals surface area (Å²) in [6.45, 7) is -0.0816. The normalized spacial score (nSPS) is 13.8. The zero-order valence-electron chi connectivity index (χ0n) is 18.2. The van der Waals surface area contributed by atoms with Gasteiger partial charge in [-0.25, -0.2) is 13.1 Å². The molecule has 2 aromatic heterocycles. The van der Waals surface area contributed by atoms with E-state index in [4.69, 9.17) is 9.68 Å². The molecule has 0 saturated heterocycles. The summed E-state index contributed by atoms with van der Waals surface area (Å²) in [5, 5.41) is 9.08. The molecule has 13 heteroatoms. The second-order valence-electron chi connectivity index (χ2n) is 7.97. The summed E-state index contributed by atoms with van der Waals surface area (Å²) >= 11 is 0. The predicted octanol–water partition coefficient (Wildman–Crippen LogP) is 3.87. The Morgan fingerprint density at radius 2 is 1.91 bits per heavy atom. The Morgan fingerprint density at radius 3 is 2.43 bits per heavy atom. The van der Waals surface area contributed by atoms with Crippen LogP contribution in [0.25, 0.3) is 0 Å². The summed E-state index contributed by atoms with van der Waals surface area (Å²) in [6, 6.07) is 10.3. The van der Waals surface area contributed by atoms with Gasteiger partial charge in [-0.3, -0.25) is 14.7 Å². The fourth-order valence-electron chi connectivity index (χ4n) is 3.27. The number of benzene rings is 1. The number of carbonyl (C=O) groups is 1. The first-order chi connectivity index (χ1) is 16.4. The third kappa shape index (κ3) is 5.78. The summed E-state index contributed by atoms with van der Waals surface area (Å²) < 4.78 is 69.6. The Morgan fingerprint density at radius 1 is 1.23 bits per heavy atom. The van der Waals surface area contributed by atoms with E-state index in [1.54, 1.807) is 12.1 Å². The largest absolute Gasteiger partial charge is 0.427 e. The first-order valence-electron chi connectivity index (χ1n) is 10.3. The SMILES string of the molecule is CS(=O)(=O)NC(=O)c1nc(N(Cc2ccc(C(F)(F)F)cn2)c2ccc(C#N)cc2)oc1C1CC1. The molecule has 1 aliphatic rings. The highest BCUT2D eigenvalue weighted by Gasteiger charge is 2.36. The first-order valence-corrected chi connectivity index (χ1v) is 12.2. The highest BCUT2D eigenvalue weighted by Crippen LogP contribution is 2.44. The van der Waals surface area contributed by atoms with Crippen LogP contribution in [-0.2, 0) is 22.7 Å². The van der Waals surface area contributed by atoms with Crippen molar-refractivity contribution in [3.63, 3.8) is 0 Å². The molecule has 2 heterocycles. The average Bonchev–Trinajstić information content (AvgIpc) is 3.54. The van der Waals surface area contributed by atoms with Crippen LogP contribution in [0.2, 0.25) is 0 Å². The average molecular weight is 505 g/mol. The molecule has 35 heavy (non-hydrogen) atoms. The molecule has 9 nitrogen and oxygen atoms in total. The molecule has 0 aliphatic heterocycles. The van der Waals surface area contributed by atoms with Gasteiger partial charge in [0, 0.05) is 17.8 Å². The number of halogens is 3. The Bertz CT molecular complexity index is 1390. The number of sulfonamides is 1. The fraction of sp³-hybridized carbons (Fsp3) is 0.273. The summed E-state index contributed by atoms with van der Waals surface area (Å²) in [7, 11) is -3.86. The monoisotopic (exact) mass is 505 g/mol. The van der Waals surface area contributed by atoms with Crippen LogP contribution in [-0.4, -0.2) is 30.5 Å². The van der Waals surface area contributed by atoms with E-state index in [-0.39, 0.29) is 35.6 Å². The van der Waals surface area contributed by atoms with Gasteiger partial charge in [0.2, 0.25) is 10.0 Å². The van der Waals surface area contributed by atoms with E-state index in [0.29, 0.717) is 17.4 Å². The number of anilines is 2. The molecule has 1 aromatic carbocycles. The lowest BCUT2D eigenvalue weighted by Crippen LogP contribution is -2.30. The van der Waals surface area contributed by atoms with E-state index < -0.39 is 27.7 Å². The number of nitrogens with zero attached hydrogens (tertiary/aromatic N) is 4.